The lowest BCUT2D eigenvalue weighted by Gasteiger charge is -2.14. The average Bonchev–Trinajstić information content (AvgIpc) is 2.43. The molecular weight excluding hydrogens is 170 g/mol. The molecule has 2 amide bonds. The van der Waals surface area contributed by atoms with Crippen LogP contribution < -0.4 is 5.32 Å². The van der Waals surface area contributed by atoms with Crippen LogP contribution in [0, 0.1) is 5.41 Å². The van der Waals surface area contributed by atoms with Gasteiger partial charge in [0.1, 0.15) is 5.84 Å². The summed E-state index contributed by atoms with van der Waals surface area (Å²) in [5.41, 5.74) is 0. The number of amidine groups is 1. The van der Waals surface area contributed by atoms with Crippen LogP contribution in [0.3, 0.4) is 0 Å². The van der Waals surface area contributed by atoms with Gasteiger partial charge in [-0.25, -0.2) is 0 Å². The summed E-state index contributed by atoms with van der Waals surface area (Å²) in [6, 6.07) is 0. The highest BCUT2D eigenvalue weighted by Gasteiger charge is 2.20. The number of amides is 2. The molecule has 0 radical (unpaired) electrons. The molecule has 1 aliphatic heterocycles. The SMILES string of the molecule is CNC(=O)CCN1C(=N)C=CC1=O. The van der Waals surface area contributed by atoms with Crippen LogP contribution in [0.1, 0.15) is 6.42 Å². The number of hydrogen-bond acceptors (Lipinski definition) is 3. The Bertz CT molecular complexity index is 265. The first kappa shape index (κ1) is 9.44. The quantitative estimate of drug-likeness (QED) is 0.616. The van der Waals surface area contributed by atoms with Crippen LogP contribution in [0.4, 0.5) is 0 Å². The number of rotatable bonds is 3. The van der Waals surface area contributed by atoms with E-state index in [1.807, 2.05) is 0 Å². The van der Waals surface area contributed by atoms with E-state index in [1.54, 1.807) is 0 Å². The van der Waals surface area contributed by atoms with Gasteiger partial charge in [0.05, 0.1) is 0 Å². The summed E-state index contributed by atoms with van der Waals surface area (Å²) in [6.45, 7) is 0.268. The van der Waals surface area contributed by atoms with E-state index in [2.05, 4.69) is 5.32 Å². The summed E-state index contributed by atoms with van der Waals surface area (Å²) in [5.74, 6) is -0.213. The molecule has 0 fully saturated rings. The summed E-state index contributed by atoms with van der Waals surface area (Å²) in [6.07, 6.45) is 2.98. The van der Waals surface area contributed by atoms with Crippen molar-refractivity contribution in [2.45, 2.75) is 6.42 Å². The molecule has 0 saturated carbocycles. The zero-order chi connectivity index (χ0) is 9.84. The number of carbonyl (C=O) groups excluding carboxylic acids is 2. The van der Waals surface area contributed by atoms with E-state index < -0.39 is 0 Å². The van der Waals surface area contributed by atoms with Gasteiger partial charge in [-0.2, -0.15) is 0 Å². The fraction of sp³-hybridized carbons (Fsp3) is 0.375. The van der Waals surface area contributed by atoms with Crippen LogP contribution in [-0.2, 0) is 9.59 Å². The van der Waals surface area contributed by atoms with Gasteiger partial charge in [-0.05, 0) is 6.08 Å². The molecule has 1 aliphatic rings. The van der Waals surface area contributed by atoms with E-state index in [1.165, 1.54) is 24.1 Å². The number of hydrogen-bond donors (Lipinski definition) is 2. The van der Waals surface area contributed by atoms with Gasteiger partial charge >= 0.3 is 0 Å². The molecule has 5 nitrogen and oxygen atoms in total. The zero-order valence-corrected chi connectivity index (χ0v) is 7.33. The monoisotopic (exact) mass is 181 g/mol. The van der Waals surface area contributed by atoms with Gasteiger partial charge in [-0.3, -0.25) is 19.9 Å². The van der Waals surface area contributed by atoms with E-state index in [0.29, 0.717) is 0 Å². The summed E-state index contributed by atoms with van der Waals surface area (Å²) >= 11 is 0. The predicted octanol–water partition coefficient (Wildman–Crippen LogP) is -0.502. The average molecular weight is 181 g/mol. The summed E-state index contributed by atoms with van der Waals surface area (Å²) in [7, 11) is 1.54. The lowest BCUT2D eigenvalue weighted by Crippen LogP contribution is -2.33. The Labute approximate surface area is 75.9 Å². The van der Waals surface area contributed by atoms with E-state index in [0.717, 1.165) is 0 Å². The third-order valence-electron chi connectivity index (χ3n) is 1.78. The Morgan fingerprint density at radius 1 is 1.62 bits per heavy atom. The number of carbonyl (C=O) groups is 2. The molecule has 0 spiro atoms. The van der Waals surface area contributed by atoms with Gasteiger partial charge in [0.15, 0.2) is 0 Å². The third-order valence-corrected chi connectivity index (χ3v) is 1.78. The molecular formula is C8H11N3O2. The maximum absolute atomic E-state index is 11.1. The smallest absolute Gasteiger partial charge is 0.252 e. The molecule has 2 N–H and O–H groups in total. The van der Waals surface area contributed by atoms with Gasteiger partial charge in [-0.15, -0.1) is 0 Å². The van der Waals surface area contributed by atoms with E-state index in [4.69, 9.17) is 5.41 Å². The lowest BCUT2D eigenvalue weighted by atomic mass is 10.3. The predicted molar refractivity (Wildman–Crippen MR) is 47.3 cm³/mol. The van der Waals surface area contributed by atoms with Gasteiger partial charge in [0.2, 0.25) is 5.91 Å². The van der Waals surface area contributed by atoms with Crippen molar-refractivity contribution in [2.75, 3.05) is 13.6 Å². The molecule has 1 heterocycles. The first-order chi connectivity index (χ1) is 6.15. The molecule has 1 rings (SSSR count). The molecule has 13 heavy (non-hydrogen) atoms. The lowest BCUT2D eigenvalue weighted by molar-refractivity contribution is -0.123. The molecule has 0 aromatic carbocycles. The Balaban J connectivity index is 2.42. The topological polar surface area (TPSA) is 73.3 Å². The minimum Gasteiger partial charge on any atom is -0.359 e. The zero-order valence-electron chi connectivity index (χ0n) is 7.33. The minimum atomic E-state index is -0.228. The normalized spacial score (nSPS) is 15.3. The maximum Gasteiger partial charge on any atom is 0.252 e. The standard InChI is InChI=1S/C8H11N3O2/c1-10-7(12)4-5-11-6(9)2-3-8(11)13/h2-3,9H,4-5H2,1H3,(H,10,12). The Kier molecular flexibility index (Phi) is 2.79. The second-order valence-corrected chi connectivity index (χ2v) is 2.63. The van der Waals surface area contributed by atoms with Crippen LogP contribution >= 0.6 is 0 Å². The molecule has 5 heteroatoms. The van der Waals surface area contributed by atoms with Crippen LogP contribution in [0.5, 0.6) is 0 Å². The van der Waals surface area contributed by atoms with Gasteiger partial charge in [0.25, 0.3) is 5.91 Å². The Morgan fingerprint density at radius 2 is 2.31 bits per heavy atom. The maximum atomic E-state index is 11.1. The van der Waals surface area contributed by atoms with Crippen molar-refractivity contribution in [3.63, 3.8) is 0 Å². The molecule has 0 aromatic heterocycles. The molecule has 70 valence electrons. The second-order valence-electron chi connectivity index (χ2n) is 2.63. The highest BCUT2D eigenvalue weighted by molar-refractivity contribution is 6.14. The molecule has 0 bridgehead atoms. The Hall–Kier alpha value is -1.65. The van der Waals surface area contributed by atoms with Crippen molar-refractivity contribution < 1.29 is 9.59 Å². The minimum absolute atomic E-state index is 0.132. The fourth-order valence-corrected chi connectivity index (χ4v) is 1.02. The fourth-order valence-electron chi connectivity index (χ4n) is 1.02. The van der Waals surface area contributed by atoms with Gasteiger partial charge < -0.3 is 5.32 Å². The molecule has 0 saturated heterocycles. The number of nitrogens with one attached hydrogen (secondary N) is 2. The number of nitrogens with zero attached hydrogens (tertiary/aromatic N) is 1. The molecule has 0 atom stereocenters. The first-order valence-electron chi connectivity index (χ1n) is 3.94. The van der Waals surface area contributed by atoms with Crippen LogP contribution in [0.25, 0.3) is 0 Å². The molecule has 0 unspecified atom stereocenters. The van der Waals surface area contributed by atoms with Crippen molar-refractivity contribution in [3.05, 3.63) is 12.2 Å². The third kappa shape index (κ3) is 2.14. The van der Waals surface area contributed by atoms with Crippen molar-refractivity contribution in [2.24, 2.45) is 0 Å². The summed E-state index contributed by atoms with van der Waals surface area (Å²) in [5, 5.41) is 9.78. The van der Waals surface area contributed by atoms with Gasteiger partial charge in [0, 0.05) is 26.1 Å². The van der Waals surface area contributed by atoms with Crippen molar-refractivity contribution in [1.29, 1.82) is 5.41 Å². The van der Waals surface area contributed by atoms with Crippen molar-refractivity contribution >= 4 is 17.6 Å². The van der Waals surface area contributed by atoms with E-state index in [-0.39, 0.29) is 30.6 Å². The summed E-state index contributed by atoms with van der Waals surface area (Å²) in [4.78, 5) is 23.2. The van der Waals surface area contributed by atoms with E-state index >= 15 is 0 Å². The largest absolute Gasteiger partial charge is 0.359 e. The van der Waals surface area contributed by atoms with Crippen molar-refractivity contribution in [3.8, 4) is 0 Å². The second kappa shape index (κ2) is 3.84. The van der Waals surface area contributed by atoms with E-state index in [9.17, 15) is 9.59 Å². The van der Waals surface area contributed by atoms with Crippen molar-refractivity contribution in [1.82, 2.24) is 10.2 Å². The Morgan fingerprint density at radius 3 is 2.77 bits per heavy atom. The first-order valence-corrected chi connectivity index (χ1v) is 3.94. The van der Waals surface area contributed by atoms with Crippen LogP contribution in [-0.4, -0.2) is 36.1 Å². The highest BCUT2D eigenvalue weighted by atomic mass is 16.2. The van der Waals surface area contributed by atoms with Crippen LogP contribution in [0.2, 0.25) is 0 Å². The van der Waals surface area contributed by atoms with Crippen LogP contribution in [0.15, 0.2) is 12.2 Å². The van der Waals surface area contributed by atoms with Gasteiger partial charge in [-0.1, -0.05) is 0 Å². The molecule has 0 aromatic rings. The summed E-state index contributed by atoms with van der Waals surface area (Å²) < 4.78 is 0. The molecule has 0 aliphatic carbocycles. The highest BCUT2D eigenvalue weighted by Crippen LogP contribution is 2.04.